The second kappa shape index (κ2) is 8.43. The summed E-state index contributed by atoms with van der Waals surface area (Å²) < 4.78 is 47.8. The zero-order valence-electron chi connectivity index (χ0n) is 16.7. The Morgan fingerprint density at radius 3 is 2.42 bits per heavy atom. The van der Waals surface area contributed by atoms with Crippen LogP contribution in [0.25, 0.3) is 17.0 Å². The van der Waals surface area contributed by atoms with Crippen molar-refractivity contribution in [1.82, 2.24) is 24.7 Å². The molecule has 3 heterocycles. The summed E-state index contributed by atoms with van der Waals surface area (Å²) in [6, 6.07) is 4.47. The Labute approximate surface area is 188 Å². The van der Waals surface area contributed by atoms with Crippen LogP contribution in [0.3, 0.4) is 0 Å². The van der Waals surface area contributed by atoms with Crippen LogP contribution in [0.5, 0.6) is 0 Å². The van der Waals surface area contributed by atoms with Crippen molar-refractivity contribution < 1.29 is 22.7 Å². The second-order valence-electron chi connectivity index (χ2n) is 6.64. The lowest BCUT2D eigenvalue weighted by Gasteiger charge is -2.10. The number of fused-ring (bicyclic) bond motifs is 1. The molecule has 0 unspecified atom stereocenters. The number of hydrogen-bond acceptors (Lipinski definition) is 8. The Bertz CT molecular complexity index is 1390. The number of anilines is 3. The van der Waals surface area contributed by atoms with Crippen LogP contribution in [-0.2, 0) is 11.2 Å². The number of pyridine rings is 1. The number of ether oxygens (including phenoxy) is 1. The molecule has 0 aliphatic carbocycles. The van der Waals surface area contributed by atoms with E-state index in [1.165, 1.54) is 16.8 Å². The van der Waals surface area contributed by atoms with Gasteiger partial charge in [-0.3, -0.25) is 5.32 Å². The minimum atomic E-state index is -1.34. The highest BCUT2D eigenvalue weighted by molar-refractivity contribution is 6.29. The van der Waals surface area contributed by atoms with E-state index in [4.69, 9.17) is 23.1 Å². The maximum atomic E-state index is 14.2. The fourth-order valence-corrected chi connectivity index (χ4v) is 3.21. The van der Waals surface area contributed by atoms with Crippen LogP contribution in [0.2, 0.25) is 5.15 Å². The van der Waals surface area contributed by atoms with E-state index in [0.29, 0.717) is 11.6 Å². The predicted molar refractivity (Wildman–Crippen MR) is 113 cm³/mol. The average molecular weight is 479 g/mol. The van der Waals surface area contributed by atoms with Crippen molar-refractivity contribution in [2.24, 2.45) is 0 Å². The number of carbonyl (C=O) groups excluding carboxylic acids is 1. The molecule has 0 spiro atoms. The molecule has 4 rings (SSSR count). The van der Waals surface area contributed by atoms with Crippen molar-refractivity contribution in [2.75, 3.05) is 23.9 Å². The molecule has 0 saturated heterocycles. The van der Waals surface area contributed by atoms with Crippen LogP contribution in [-0.4, -0.2) is 37.9 Å². The Hall–Kier alpha value is -4.13. The molecule has 5 N–H and O–H groups in total. The molecule has 0 atom stereocenters. The number of amides is 1. The number of nitrogens with two attached hydrogens (primary N) is 2. The van der Waals surface area contributed by atoms with Gasteiger partial charge in [-0.25, -0.2) is 22.9 Å². The van der Waals surface area contributed by atoms with Gasteiger partial charge in [-0.15, -0.1) is 0 Å². The van der Waals surface area contributed by atoms with E-state index in [-0.39, 0.29) is 39.6 Å². The highest BCUT2D eigenvalue weighted by Gasteiger charge is 2.22. The van der Waals surface area contributed by atoms with Crippen molar-refractivity contribution in [3.05, 3.63) is 58.1 Å². The lowest BCUT2D eigenvalue weighted by atomic mass is 10.1. The van der Waals surface area contributed by atoms with Gasteiger partial charge in [0, 0.05) is 12.0 Å². The zero-order chi connectivity index (χ0) is 23.9. The zero-order valence-corrected chi connectivity index (χ0v) is 17.5. The molecule has 0 fully saturated rings. The molecule has 1 aromatic carbocycles. The normalized spacial score (nSPS) is 11.1. The fraction of sp³-hybridized carbons (Fsp3) is 0.105. The van der Waals surface area contributed by atoms with Crippen molar-refractivity contribution in [3.8, 4) is 5.95 Å². The smallest absolute Gasteiger partial charge is 0.411 e. The Morgan fingerprint density at radius 2 is 1.76 bits per heavy atom. The number of nitrogens with zero attached hydrogens (tertiary/aromatic N) is 5. The van der Waals surface area contributed by atoms with E-state index >= 15 is 0 Å². The lowest BCUT2D eigenvalue weighted by molar-refractivity contribution is 0.187. The first-order valence-corrected chi connectivity index (χ1v) is 9.52. The molecule has 0 saturated carbocycles. The number of hydrogen-bond donors (Lipinski definition) is 3. The summed E-state index contributed by atoms with van der Waals surface area (Å²) in [5.41, 5.74) is 11.7. The van der Waals surface area contributed by atoms with Crippen molar-refractivity contribution in [3.63, 3.8) is 0 Å². The van der Waals surface area contributed by atoms with E-state index < -0.39 is 35.5 Å². The van der Waals surface area contributed by atoms with E-state index in [9.17, 15) is 18.0 Å². The highest BCUT2D eigenvalue weighted by atomic mass is 35.5. The summed E-state index contributed by atoms with van der Waals surface area (Å²) >= 11 is 5.99. The third kappa shape index (κ3) is 4.05. The SMILES string of the molecule is COC(=O)Nc1c(N)nc(-n2nc(Cc3c(F)ccc(F)c3F)c3nc(Cl)ccc32)nc1N. The van der Waals surface area contributed by atoms with Crippen LogP contribution in [0, 0.1) is 17.5 Å². The summed E-state index contributed by atoms with van der Waals surface area (Å²) in [4.78, 5) is 23.8. The number of aromatic nitrogens is 5. The molecule has 0 aliphatic heterocycles. The third-order valence-electron chi connectivity index (χ3n) is 4.60. The molecular formula is C19H14ClF3N8O2. The first kappa shape index (κ1) is 22.1. The molecule has 0 aliphatic rings. The van der Waals surface area contributed by atoms with E-state index in [1.54, 1.807) is 0 Å². The van der Waals surface area contributed by atoms with Crippen LogP contribution in [0.1, 0.15) is 11.3 Å². The minimum Gasteiger partial charge on any atom is -0.453 e. The third-order valence-corrected chi connectivity index (χ3v) is 4.81. The van der Waals surface area contributed by atoms with Gasteiger partial charge >= 0.3 is 6.09 Å². The number of halogens is 4. The summed E-state index contributed by atoms with van der Waals surface area (Å²) in [5, 5.41) is 6.67. The maximum Gasteiger partial charge on any atom is 0.411 e. The minimum absolute atomic E-state index is 0.0633. The van der Waals surface area contributed by atoms with Gasteiger partial charge < -0.3 is 16.2 Å². The predicted octanol–water partition coefficient (Wildman–Crippen LogP) is 3.21. The second-order valence-corrected chi connectivity index (χ2v) is 7.03. The van der Waals surface area contributed by atoms with Gasteiger partial charge in [0.2, 0.25) is 0 Å². The number of rotatable bonds is 4. The van der Waals surface area contributed by atoms with Crippen LogP contribution >= 0.6 is 11.6 Å². The molecular weight excluding hydrogens is 465 g/mol. The van der Waals surface area contributed by atoms with Crippen molar-refractivity contribution in [2.45, 2.75) is 6.42 Å². The van der Waals surface area contributed by atoms with Gasteiger partial charge in [0.1, 0.15) is 22.2 Å². The Balaban J connectivity index is 1.86. The Kier molecular flexibility index (Phi) is 5.64. The molecule has 4 aromatic rings. The number of benzene rings is 1. The van der Waals surface area contributed by atoms with Crippen molar-refractivity contribution in [1.29, 1.82) is 0 Å². The fourth-order valence-electron chi connectivity index (χ4n) is 3.06. The topological polar surface area (TPSA) is 147 Å². The Morgan fingerprint density at radius 1 is 1.09 bits per heavy atom. The summed E-state index contributed by atoms with van der Waals surface area (Å²) in [5.74, 6) is -4.03. The van der Waals surface area contributed by atoms with Gasteiger partial charge in [0.05, 0.1) is 18.3 Å². The molecule has 0 radical (unpaired) electrons. The monoisotopic (exact) mass is 478 g/mol. The summed E-state index contributed by atoms with van der Waals surface area (Å²) in [6.07, 6.45) is -1.28. The first-order valence-electron chi connectivity index (χ1n) is 9.14. The molecule has 170 valence electrons. The molecule has 1 amide bonds. The largest absolute Gasteiger partial charge is 0.453 e. The van der Waals surface area contributed by atoms with Gasteiger partial charge in [-0.1, -0.05) is 11.6 Å². The molecule has 10 nitrogen and oxygen atoms in total. The van der Waals surface area contributed by atoms with Crippen LogP contribution in [0.4, 0.5) is 35.3 Å². The highest BCUT2D eigenvalue weighted by Crippen LogP contribution is 2.28. The van der Waals surface area contributed by atoms with Crippen molar-refractivity contribution >= 4 is 46.1 Å². The van der Waals surface area contributed by atoms with E-state index in [1.807, 2.05) is 0 Å². The van der Waals surface area contributed by atoms with Gasteiger partial charge in [0.25, 0.3) is 5.95 Å². The van der Waals surface area contributed by atoms with E-state index in [0.717, 1.165) is 13.2 Å². The van der Waals surface area contributed by atoms with Crippen LogP contribution < -0.4 is 16.8 Å². The number of methoxy groups -OCH3 is 1. The quantitative estimate of drug-likeness (QED) is 0.299. The van der Waals surface area contributed by atoms with Gasteiger partial charge in [-0.2, -0.15) is 19.7 Å². The number of carbonyl (C=O) groups is 1. The lowest BCUT2D eigenvalue weighted by Crippen LogP contribution is -2.17. The average Bonchev–Trinajstić information content (AvgIpc) is 3.13. The number of nitrogen functional groups attached to an aromatic ring is 2. The van der Waals surface area contributed by atoms with Gasteiger partial charge in [-0.05, 0) is 24.3 Å². The molecule has 33 heavy (non-hydrogen) atoms. The standard InChI is InChI=1S/C19H14ClF3N8O2/c1-33-19(32)27-15-16(24)28-18(29-17(15)25)31-11-4-5-12(20)26-14(11)10(30-31)6-7-8(21)2-3-9(22)13(7)23/h2-5H,6H2,1H3,(H,27,32)(H4,24,25,28,29). The van der Waals surface area contributed by atoms with Crippen LogP contribution in [0.15, 0.2) is 24.3 Å². The maximum absolute atomic E-state index is 14.2. The first-order chi connectivity index (χ1) is 15.7. The van der Waals surface area contributed by atoms with Gasteiger partial charge in [0.15, 0.2) is 23.3 Å². The number of nitrogens with one attached hydrogen (secondary N) is 1. The molecule has 0 bridgehead atoms. The van der Waals surface area contributed by atoms with E-state index in [2.05, 4.69) is 30.1 Å². The summed E-state index contributed by atoms with van der Waals surface area (Å²) in [7, 11) is 1.15. The molecule has 14 heteroatoms. The summed E-state index contributed by atoms with van der Waals surface area (Å²) in [6.45, 7) is 0. The molecule has 3 aromatic heterocycles.